The number of rotatable bonds is 2. The Bertz CT molecular complexity index is 342. The summed E-state index contributed by atoms with van der Waals surface area (Å²) < 4.78 is 13.1. The lowest BCUT2D eigenvalue weighted by Gasteiger charge is -2.32. The van der Waals surface area contributed by atoms with Gasteiger partial charge < -0.3 is 10.0 Å². The Morgan fingerprint density at radius 3 is 2.50 bits per heavy atom. The van der Waals surface area contributed by atoms with Gasteiger partial charge >= 0.3 is 0 Å². The van der Waals surface area contributed by atoms with Crippen LogP contribution < -0.4 is 0 Å². The summed E-state index contributed by atoms with van der Waals surface area (Å²) in [6.07, 6.45) is 0. The van der Waals surface area contributed by atoms with Crippen LogP contribution in [0.15, 0.2) is 18.2 Å². The van der Waals surface area contributed by atoms with Gasteiger partial charge in [0.2, 0.25) is 0 Å². The van der Waals surface area contributed by atoms with Crippen molar-refractivity contribution in [3.63, 3.8) is 0 Å². The van der Waals surface area contributed by atoms with Crippen LogP contribution in [0.5, 0.6) is 5.75 Å². The van der Waals surface area contributed by atoms with Crippen LogP contribution in [0.1, 0.15) is 5.56 Å². The van der Waals surface area contributed by atoms with Gasteiger partial charge in [0.05, 0.1) is 0 Å². The van der Waals surface area contributed by atoms with E-state index in [9.17, 15) is 9.50 Å². The van der Waals surface area contributed by atoms with Gasteiger partial charge in [0, 0.05) is 38.8 Å². The van der Waals surface area contributed by atoms with Crippen LogP contribution in [0.25, 0.3) is 0 Å². The maximum atomic E-state index is 13.1. The maximum Gasteiger partial charge on any atom is 0.127 e. The lowest BCUT2D eigenvalue weighted by atomic mass is 10.2. The number of likely N-dealkylation sites (N-methyl/N-ethyl adjacent to an activating group) is 1. The first-order valence-corrected chi connectivity index (χ1v) is 5.53. The predicted molar refractivity (Wildman–Crippen MR) is 60.8 cm³/mol. The van der Waals surface area contributed by atoms with E-state index in [0.29, 0.717) is 6.54 Å². The van der Waals surface area contributed by atoms with Crippen molar-refractivity contribution in [3.05, 3.63) is 29.6 Å². The molecule has 1 aromatic rings. The van der Waals surface area contributed by atoms with E-state index in [2.05, 4.69) is 16.8 Å². The molecule has 0 atom stereocenters. The molecule has 0 amide bonds. The van der Waals surface area contributed by atoms with Gasteiger partial charge in [-0.15, -0.1) is 0 Å². The average molecular weight is 224 g/mol. The van der Waals surface area contributed by atoms with Crippen molar-refractivity contribution in [3.8, 4) is 5.75 Å². The zero-order valence-corrected chi connectivity index (χ0v) is 9.49. The maximum absolute atomic E-state index is 13.1. The van der Waals surface area contributed by atoms with Gasteiger partial charge in [0.1, 0.15) is 11.6 Å². The minimum atomic E-state index is -0.371. The SMILES string of the molecule is CN1CCN(Cc2cc(O)cc(F)c2)CC1. The highest BCUT2D eigenvalue weighted by Crippen LogP contribution is 2.16. The van der Waals surface area contributed by atoms with Gasteiger partial charge in [-0.25, -0.2) is 4.39 Å². The summed E-state index contributed by atoms with van der Waals surface area (Å²) >= 11 is 0. The second kappa shape index (κ2) is 4.80. The van der Waals surface area contributed by atoms with E-state index in [0.717, 1.165) is 37.8 Å². The number of aromatic hydroxyl groups is 1. The van der Waals surface area contributed by atoms with E-state index < -0.39 is 0 Å². The zero-order chi connectivity index (χ0) is 11.5. The molecule has 1 aromatic carbocycles. The summed E-state index contributed by atoms with van der Waals surface area (Å²) in [5, 5.41) is 9.30. The van der Waals surface area contributed by atoms with Crippen LogP contribution in [0, 0.1) is 5.82 Å². The van der Waals surface area contributed by atoms with E-state index in [1.165, 1.54) is 6.07 Å². The fourth-order valence-corrected chi connectivity index (χ4v) is 1.99. The number of hydrogen-bond donors (Lipinski definition) is 1. The molecule has 3 nitrogen and oxygen atoms in total. The summed E-state index contributed by atoms with van der Waals surface area (Å²) in [4.78, 5) is 4.55. The Balaban J connectivity index is 1.98. The van der Waals surface area contributed by atoms with Crippen molar-refractivity contribution in [2.45, 2.75) is 6.54 Å². The number of phenolic OH excluding ortho intramolecular Hbond substituents is 1. The predicted octanol–water partition coefficient (Wildman–Crippen LogP) is 1.28. The second-order valence-corrected chi connectivity index (χ2v) is 4.40. The van der Waals surface area contributed by atoms with E-state index in [4.69, 9.17) is 0 Å². The van der Waals surface area contributed by atoms with Crippen molar-refractivity contribution in [2.24, 2.45) is 0 Å². The van der Waals surface area contributed by atoms with Gasteiger partial charge in [-0.2, -0.15) is 0 Å². The molecule has 0 saturated carbocycles. The molecule has 0 aliphatic carbocycles. The number of halogens is 1. The molecule has 1 aliphatic rings. The molecule has 1 saturated heterocycles. The molecule has 0 spiro atoms. The normalized spacial score (nSPS) is 18.9. The fraction of sp³-hybridized carbons (Fsp3) is 0.500. The van der Waals surface area contributed by atoms with E-state index in [-0.39, 0.29) is 11.6 Å². The van der Waals surface area contributed by atoms with Crippen LogP contribution in [0.3, 0.4) is 0 Å². The molecular weight excluding hydrogens is 207 g/mol. The third kappa shape index (κ3) is 2.93. The first-order chi connectivity index (χ1) is 7.63. The van der Waals surface area contributed by atoms with Crippen LogP contribution in [0.4, 0.5) is 4.39 Å². The number of benzene rings is 1. The zero-order valence-electron chi connectivity index (χ0n) is 9.49. The van der Waals surface area contributed by atoms with Crippen molar-refractivity contribution in [1.82, 2.24) is 9.80 Å². The molecule has 0 aromatic heterocycles. The Morgan fingerprint density at radius 1 is 1.19 bits per heavy atom. The molecule has 1 fully saturated rings. The highest BCUT2D eigenvalue weighted by atomic mass is 19.1. The largest absolute Gasteiger partial charge is 0.508 e. The Kier molecular flexibility index (Phi) is 3.41. The van der Waals surface area contributed by atoms with Crippen molar-refractivity contribution in [1.29, 1.82) is 0 Å². The molecule has 1 aliphatic heterocycles. The van der Waals surface area contributed by atoms with E-state index in [1.807, 2.05) is 0 Å². The molecular formula is C12H17FN2O. The van der Waals surface area contributed by atoms with Crippen LogP contribution in [0.2, 0.25) is 0 Å². The molecule has 16 heavy (non-hydrogen) atoms. The number of nitrogens with zero attached hydrogens (tertiary/aromatic N) is 2. The standard InChI is InChI=1S/C12H17FN2O/c1-14-2-4-15(5-3-14)9-10-6-11(13)8-12(16)7-10/h6-8,16H,2-5,9H2,1H3. The Labute approximate surface area is 95.1 Å². The first-order valence-electron chi connectivity index (χ1n) is 5.53. The summed E-state index contributed by atoms with van der Waals surface area (Å²) in [5.41, 5.74) is 0.835. The topological polar surface area (TPSA) is 26.7 Å². The second-order valence-electron chi connectivity index (χ2n) is 4.40. The van der Waals surface area contributed by atoms with Gasteiger partial charge in [-0.05, 0) is 24.7 Å². The molecule has 1 N–H and O–H groups in total. The lowest BCUT2D eigenvalue weighted by Crippen LogP contribution is -2.43. The minimum Gasteiger partial charge on any atom is -0.508 e. The lowest BCUT2D eigenvalue weighted by molar-refractivity contribution is 0.148. The Morgan fingerprint density at radius 2 is 1.88 bits per heavy atom. The van der Waals surface area contributed by atoms with Gasteiger partial charge in [-0.1, -0.05) is 0 Å². The highest BCUT2D eigenvalue weighted by molar-refractivity contribution is 5.28. The summed E-state index contributed by atoms with van der Waals surface area (Å²) in [6.45, 7) is 4.78. The fourth-order valence-electron chi connectivity index (χ4n) is 1.99. The van der Waals surface area contributed by atoms with Crippen molar-refractivity contribution in [2.75, 3.05) is 33.2 Å². The summed E-state index contributed by atoms with van der Waals surface area (Å²) in [7, 11) is 2.10. The third-order valence-corrected chi connectivity index (χ3v) is 2.94. The molecule has 2 rings (SSSR count). The molecule has 4 heteroatoms. The number of phenols is 1. The number of hydrogen-bond acceptors (Lipinski definition) is 3. The molecule has 88 valence electrons. The first kappa shape index (κ1) is 11.4. The van der Waals surface area contributed by atoms with E-state index >= 15 is 0 Å². The quantitative estimate of drug-likeness (QED) is 0.819. The van der Waals surface area contributed by atoms with Crippen molar-refractivity contribution < 1.29 is 9.50 Å². The molecule has 0 radical (unpaired) electrons. The number of piperazine rings is 1. The van der Waals surface area contributed by atoms with Crippen molar-refractivity contribution >= 4 is 0 Å². The summed E-state index contributed by atoms with van der Waals surface area (Å²) in [6, 6.07) is 4.24. The molecule has 0 unspecified atom stereocenters. The smallest absolute Gasteiger partial charge is 0.127 e. The van der Waals surface area contributed by atoms with Crippen LogP contribution >= 0.6 is 0 Å². The third-order valence-electron chi connectivity index (χ3n) is 2.94. The van der Waals surface area contributed by atoms with Gasteiger partial charge in [-0.3, -0.25) is 4.90 Å². The van der Waals surface area contributed by atoms with Crippen LogP contribution in [-0.4, -0.2) is 48.1 Å². The van der Waals surface area contributed by atoms with Gasteiger partial charge in [0.25, 0.3) is 0 Å². The Hall–Kier alpha value is -1.13. The molecule has 1 heterocycles. The molecule has 0 bridgehead atoms. The van der Waals surface area contributed by atoms with Crippen LogP contribution in [-0.2, 0) is 6.54 Å². The summed E-state index contributed by atoms with van der Waals surface area (Å²) in [5.74, 6) is -0.367. The monoisotopic (exact) mass is 224 g/mol. The van der Waals surface area contributed by atoms with Gasteiger partial charge in [0.15, 0.2) is 0 Å². The minimum absolute atomic E-state index is 0.00382. The average Bonchev–Trinajstić information content (AvgIpc) is 2.20. The highest BCUT2D eigenvalue weighted by Gasteiger charge is 2.14. The van der Waals surface area contributed by atoms with E-state index in [1.54, 1.807) is 6.07 Å².